The average molecular weight is 532 g/mol. The Morgan fingerprint density at radius 3 is 2.13 bits per heavy atom. The van der Waals surface area contributed by atoms with E-state index in [0.29, 0.717) is 29.7 Å². The number of nitrogens with zero attached hydrogens (tertiary/aromatic N) is 3. The molecule has 1 fully saturated rings. The summed E-state index contributed by atoms with van der Waals surface area (Å²) in [7, 11) is 0. The quantitative estimate of drug-likeness (QED) is 0.204. The van der Waals surface area contributed by atoms with Gasteiger partial charge in [-0.05, 0) is 52.7 Å². The predicted molar refractivity (Wildman–Crippen MR) is 158 cm³/mol. The summed E-state index contributed by atoms with van der Waals surface area (Å²) in [6.45, 7) is 1.57. The first kappa shape index (κ1) is 24.9. The molecular formula is C33H26FN3OS. The van der Waals surface area contributed by atoms with Crippen molar-refractivity contribution in [3.05, 3.63) is 148 Å². The van der Waals surface area contributed by atoms with E-state index in [4.69, 9.17) is 4.99 Å². The van der Waals surface area contributed by atoms with Crippen molar-refractivity contribution in [3.63, 3.8) is 0 Å². The highest BCUT2D eigenvalue weighted by Gasteiger charge is 2.33. The number of para-hydroxylation sites is 1. The Kier molecular flexibility index (Phi) is 7.11. The van der Waals surface area contributed by atoms with E-state index in [1.54, 1.807) is 17.0 Å². The standard InChI is InChI=1S/C33H26FN3OS/c34-28-17-15-26(16-18-28)21-36-23-27(29-13-7-8-14-30(29)36)19-31-32(38)37(22-25-11-5-2-6-12-25)33(39-31)35-20-24-9-3-1-4-10-24/h1-19,23H,20-22H2/b31-19-,35-33?. The Labute approximate surface area is 231 Å². The van der Waals surface area contributed by atoms with Crippen LogP contribution in [0.4, 0.5) is 4.39 Å². The number of aliphatic imine (C=N–C) groups is 1. The molecule has 39 heavy (non-hydrogen) atoms. The molecule has 4 nitrogen and oxygen atoms in total. The zero-order valence-corrected chi connectivity index (χ0v) is 22.0. The molecule has 0 bridgehead atoms. The van der Waals surface area contributed by atoms with E-state index in [9.17, 15) is 9.18 Å². The smallest absolute Gasteiger partial charge is 0.267 e. The minimum atomic E-state index is -0.247. The molecule has 1 aliphatic heterocycles. The van der Waals surface area contributed by atoms with Gasteiger partial charge in [-0.2, -0.15) is 0 Å². The van der Waals surface area contributed by atoms with Crippen LogP contribution in [0.25, 0.3) is 17.0 Å². The van der Waals surface area contributed by atoms with Gasteiger partial charge in [0.05, 0.1) is 18.0 Å². The molecule has 0 aliphatic carbocycles. The lowest BCUT2D eigenvalue weighted by molar-refractivity contribution is -0.122. The van der Waals surface area contributed by atoms with Crippen LogP contribution >= 0.6 is 11.8 Å². The van der Waals surface area contributed by atoms with Crippen LogP contribution < -0.4 is 0 Å². The Hall–Kier alpha value is -4.42. The largest absolute Gasteiger partial charge is 0.342 e. The van der Waals surface area contributed by atoms with Crippen molar-refractivity contribution in [1.82, 2.24) is 9.47 Å². The van der Waals surface area contributed by atoms with Crippen molar-refractivity contribution in [2.45, 2.75) is 19.6 Å². The van der Waals surface area contributed by atoms with Gasteiger partial charge in [0.25, 0.3) is 5.91 Å². The molecule has 1 amide bonds. The minimum absolute atomic E-state index is 0.0500. The monoisotopic (exact) mass is 531 g/mol. The first-order valence-electron chi connectivity index (χ1n) is 12.8. The summed E-state index contributed by atoms with van der Waals surface area (Å²) in [5.41, 5.74) is 5.18. The Balaban J connectivity index is 1.34. The fraction of sp³-hybridized carbons (Fsp3) is 0.0909. The SMILES string of the molecule is O=C1/C(=C/c2cn(Cc3ccc(F)cc3)c3ccccc23)SC(=NCc2ccccc2)N1Cc1ccccc1. The van der Waals surface area contributed by atoms with Crippen LogP contribution in [0.1, 0.15) is 22.3 Å². The number of hydrogen-bond acceptors (Lipinski definition) is 3. The Morgan fingerprint density at radius 1 is 0.744 bits per heavy atom. The van der Waals surface area contributed by atoms with Gasteiger partial charge in [0.2, 0.25) is 0 Å². The zero-order valence-electron chi connectivity index (χ0n) is 21.2. The maximum absolute atomic E-state index is 13.7. The normalized spacial score (nSPS) is 15.6. The molecule has 2 heterocycles. The highest BCUT2D eigenvalue weighted by atomic mass is 32.2. The van der Waals surface area contributed by atoms with Crippen molar-refractivity contribution < 1.29 is 9.18 Å². The van der Waals surface area contributed by atoms with E-state index >= 15 is 0 Å². The Bertz CT molecular complexity index is 1680. The van der Waals surface area contributed by atoms with Crippen LogP contribution in [0.15, 0.2) is 125 Å². The molecular weight excluding hydrogens is 505 g/mol. The molecule has 0 N–H and O–H groups in total. The first-order valence-corrected chi connectivity index (χ1v) is 13.6. The van der Waals surface area contributed by atoms with Gasteiger partial charge in [-0.3, -0.25) is 14.7 Å². The van der Waals surface area contributed by atoms with Crippen molar-refractivity contribution in [2.24, 2.45) is 4.99 Å². The summed E-state index contributed by atoms with van der Waals surface area (Å²) in [6, 6.07) is 34.8. The van der Waals surface area contributed by atoms with Crippen LogP contribution in [0, 0.1) is 5.82 Å². The number of benzene rings is 4. The highest BCUT2D eigenvalue weighted by molar-refractivity contribution is 8.18. The van der Waals surface area contributed by atoms with Gasteiger partial charge in [-0.1, -0.05) is 91.0 Å². The number of thioether (sulfide) groups is 1. The fourth-order valence-corrected chi connectivity index (χ4v) is 5.69. The molecule has 192 valence electrons. The molecule has 0 radical (unpaired) electrons. The van der Waals surface area contributed by atoms with Crippen LogP contribution in [-0.4, -0.2) is 20.5 Å². The number of fused-ring (bicyclic) bond motifs is 1. The molecule has 1 aromatic heterocycles. The van der Waals surface area contributed by atoms with Gasteiger partial charge in [-0.15, -0.1) is 0 Å². The second-order valence-electron chi connectivity index (χ2n) is 9.43. The van der Waals surface area contributed by atoms with Gasteiger partial charge in [-0.25, -0.2) is 4.39 Å². The number of carbonyl (C=O) groups is 1. The van der Waals surface area contributed by atoms with Crippen LogP contribution in [-0.2, 0) is 24.4 Å². The first-order chi connectivity index (χ1) is 19.1. The third-order valence-corrected chi connectivity index (χ3v) is 7.73. The van der Waals surface area contributed by atoms with Gasteiger partial charge < -0.3 is 4.57 Å². The van der Waals surface area contributed by atoms with E-state index in [-0.39, 0.29) is 11.7 Å². The molecule has 0 atom stereocenters. The highest BCUT2D eigenvalue weighted by Crippen LogP contribution is 2.35. The van der Waals surface area contributed by atoms with Crippen LogP contribution in [0.3, 0.4) is 0 Å². The van der Waals surface area contributed by atoms with E-state index < -0.39 is 0 Å². The summed E-state index contributed by atoms with van der Waals surface area (Å²) in [4.78, 5) is 21.0. The number of halogens is 1. The third kappa shape index (κ3) is 5.56. The topological polar surface area (TPSA) is 37.6 Å². The van der Waals surface area contributed by atoms with Crippen molar-refractivity contribution >= 4 is 39.8 Å². The number of carbonyl (C=O) groups excluding carboxylic acids is 1. The predicted octanol–water partition coefficient (Wildman–Crippen LogP) is 7.50. The number of rotatable bonds is 7. The van der Waals surface area contributed by atoms with Gasteiger partial charge >= 0.3 is 0 Å². The summed E-state index contributed by atoms with van der Waals surface area (Å²) in [5.74, 6) is -0.297. The van der Waals surface area contributed by atoms with Gasteiger partial charge in [0, 0.05) is 29.2 Å². The summed E-state index contributed by atoms with van der Waals surface area (Å²) < 4.78 is 15.6. The van der Waals surface area contributed by atoms with E-state index in [1.807, 2.05) is 78.9 Å². The molecule has 6 rings (SSSR count). The van der Waals surface area contributed by atoms with Crippen molar-refractivity contribution in [2.75, 3.05) is 0 Å². The maximum atomic E-state index is 13.7. The van der Waals surface area contributed by atoms with E-state index in [1.165, 1.54) is 23.9 Å². The molecule has 5 aromatic rings. The number of amides is 1. The van der Waals surface area contributed by atoms with Crippen LogP contribution in [0.5, 0.6) is 0 Å². The average Bonchev–Trinajstić information content (AvgIpc) is 3.46. The van der Waals surface area contributed by atoms with Gasteiger partial charge in [0.1, 0.15) is 5.82 Å². The zero-order chi connectivity index (χ0) is 26.6. The lowest BCUT2D eigenvalue weighted by atomic mass is 10.1. The van der Waals surface area contributed by atoms with Gasteiger partial charge in [0.15, 0.2) is 5.17 Å². The van der Waals surface area contributed by atoms with E-state index in [2.05, 4.69) is 22.9 Å². The lowest BCUT2D eigenvalue weighted by Gasteiger charge is -2.15. The number of amidine groups is 1. The van der Waals surface area contributed by atoms with Crippen LogP contribution in [0.2, 0.25) is 0 Å². The molecule has 1 saturated heterocycles. The van der Waals surface area contributed by atoms with Crippen molar-refractivity contribution in [1.29, 1.82) is 0 Å². The second kappa shape index (κ2) is 11.1. The molecule has 0 unspecified atom stereocenters. The number of aromatic nitrogens is 1. The maximum Gasteiger partial charge on any atom is 0.267 e. The number of hydrogen-bond donors (Lipinski definition) is 0. The lowest BCUT2D eigenvalue weighted by Crippen LogP contribution is -2.28. The molecule has 0 spiro atoms. The van der Waals surface area contributed by atoms with Crippen molar-refractivity contribution in [3.8, 4) is 0 Å². The summed E-state index contributed by atoms with van der Waals surface area (Å²) >= 11 is 1.42. The van der Waals surface area contributed by atoms with E-state index in [0.717, 1.165) is 33.2 Å². The fourth-order valence-electron chi connectivity index (χ4n) is 4.72. The minimum Gasteiger partial charge on any atom is -0.342 e. The molecule has 4 aromatic carbocycles. The molecule has 6 heteroatoms. The molecule has 0 saturated carbocycles. The summed E-state index contributed by atoms with van der Waals surface area (Å²) in [5, 5.41) is 1.76. The third-order valence-electron chi connectivity index (χ3n) is 6.68. The molecule has 1 aliphatic rings. The Morgan fingerprint density at radius 2 is 1.38 bits per heavy atom. The second-order valence-corrected chi connectivity index (χ2v) is 10.4. The summed E-state index contributed by atoms with van der Waals surface area (Å²) in [6.07, 6.45) is 4.04.